The smallest absolute Gasteiger partial charge is 0.242 e. The third-order valence-electron chi connectivity index (χ3n) is 3.75. The second kappa shape index (κ2) is 5.61. The maximum Gasteiger partial charge on any atom is 0.242 e. The van der Waals surface area contributed by atoms with Gasteiger partial charge in [-0.25, -0.2) is 12.7 Å². The van der Waals surface area contributed by atoms with E-state index in [9.17, 15) is 8.42 Å². The second-order valence-corrected chi connectivity index (χ2v) is 7.52. The van der Waals surface area contributed by atoms with E-state index in [0.717, 1.165) is 5.56 Å². The van der Waals surface area contributed by atoms with E-state index in [-0.39, 0.29) is 6.04 Å². The average molecular weight is 282 g/mol. The highest BCUT2D eigenvalue weighted by Crippen LogP contribution is 2.23. The normalized spacial score (nSPS) is 18.3. The summed E-state index contributed by atoms with van der Waals surface area (Å²) in [6, 6.07) is 8.05. The Labute approximate surface area is 115 Å². The lowest BCUT2D eigenvalue weighted by molar-refractivity contribution is 0.313. The topological polar surface area (TPSA) is 49.4 Å². The summed E-state index contributed by atoms with van der Waals surface area (Å²) in [6.07, 6.45) is 3.80. The molecule has 0 aliphatic heterocycles. The largest absolute Gasteiger partial charge is 0.307 e. The van der Waals surface area contributed by atoms with Crippen molar-refractivity contribution in [3.63, 3.8) is 0 Å². The van der Waals surface area contributed by atoms with Gasteiger partial charge in [-0.15, -0.1) is 0 Å². The molecule has 0 heterocycles. The van der Waals surface area contributed by atoms with Gasteiger partial charge in [0.2, 0.25) is 10.0 Å². The van der Waals surface area contributed by atoms with Crippen molar-refractivity contribution < 1.29 is 8.42 Å². The molecule has 19 heavy (non-hydrogen) atoms. The first-order chi connectivity index (χ1) is 8.91. The van der Waals surface area contributed by atoms with Gasteiger partial charge in [0, 0.05) is 26.2 Å². The van der Waals surface area contributed by atoms with Gasteiger partial charge in [0.05, 0.1) is 4.90 Å². The van der Waals surface area contributed by atoms with Crippen molar-refractivity contribution in [1.29, 1.82) is 0 Å². The van der Waals surface area contributed by atoms with E-state index >= 15 is 0 Å². The predicted octanol–water partition coefficient (Wildman–Crippen LogP) is 2.14. The van der Waals surface area contributed by atoms with Crippen LogP contribution in [0.25, 0.3) is 0 Å². The zero-order valence-corrected chi connectivity index (χ0v) is 12.6. The molecule has 1 N–H and O–H groups in total. The minimum atomic E-state index is -3.32. The average Bonchev–Trinajstić information content (AvgIpc) is 2.33. The first kappa shape index (κ1) is 14.5. The zero-order valence-electron chi connectivity index (χ0n) is 11.8. The SMILES string of the molecule is CC(NC1CCC1)c1ccc(S(=O)(=O)N(C)C)cc1. The van der Waals surface area contributed by atoms with Crippen LogP contribution in [0.2, 0.25) is 0 Å². The fraction of sp³-hybridized carbons (Fsp3) is 0.571. The summed E-state index contributed by atoms with van der Waals surface area (Å²) in [6.45, 7) is 2.12. The summed E-state index contributed by atoms with van der Waals surface area (Å²) in [4.78, 5) is 0.345. The summed E-state index contributed by atoms with van der Waals surface area (Å²) >= 11 is 0. The van der Waals surface area contributed by atoms with Crippen molar-refractivity contribution >= 4 is 10.0 Å². The van der Waals surface area contributed by atoms with E-state index in [4.69, 9.17) is 0 Å². The van der Waals surface area contributed by atoms with Crippen molar-refractivity contribution in [3.8, 4) is 0 Å². The summed E-state index contributed by atoms with van der Waals surface area (Å²) in [5.74, 6) is 0. The zero-order chi connectivity index (χ0) is 14.0. The Bertz CT molecular complexity index is 519. The molecule has 0 bridgehead atoms. The Morgan fingerprint density at radius 3 is 2.21 bits per heavy atom. The Kier molecular flexibility index (Phi) is 4.28. The van der Waals surface area contributed by atoms with E-state index in [2.05, 4.69) is 12.2 Å². The number of nitrogens with zero attached hydrogens (tertiary/aromatic N) is 1. The van der Waals surface area contributed by atoms with Crippen LogP contribution >= 0.6 is 0 Å². The summed E-state index contributed by atoms with van der Waals surface area (Å²) in [5, 5.41) is 3.55. The highest BCUT2D eigenvalue weighted by molar-refractivity contribution is 7.89. The van der Waals surface area contributed by atoms with Crippen molar-refractivity contribution in [2.24, 2.45) is 0 Å². The van der Waals surface area contributed by atoms with Crippen molar-refractivity contribution in [2.45, 2.75) is 43.2 Å². The quantitative estimate of drug-likeness (QED) is 0.900. The molecule has 1 aromatic rings. The fourth-order valence-electron chi connectivity index (χ4n) is 2.16. The molecule has 4 nitrogen and oxygen atoms in total. The van der Waals surface area contributed by atoms with Gasteiger partial charge in [0.25, 0.3) is 0 Å². The Hall–Kier alpha value is -0.910. The van der Waals surface area contributed by atoms with Gasteiger partial charge in [-0.1, -0.05) is 18.6 Å². The predicted molar refractivity (Wildman–Crippen MR) is 76.5 cm³/mol. The van der Waals surface area contributed by atoms with Crippen LogP contribution < -0.4 is 5.32 Å². The molecule has 1 unspecified atom stereocenters. The standard InChI is InChI=1S/C14H22N2O2S/c1-11(15-13-5-4-6-13)12-7-9-14(10-8-12)19(17,18)16(2)3/h7-11,13,15H,4-6H2,1-3H3. The molecular formula is C14H22N2O2S. The molecule has 1 saturated carbocycles. The number of sulfonamides is 1. The maximum atomic E-state index is 12.0. The van der Waals surface area contributed by atoms with Crippen LogP contribution in [0.3, 0.4) is 0 Å². The molecule has 1 aromatic carbocycles. The van der Waals surface area contributed by atoms with Crippen molar-refractivity contribution in [2.75, 3.05) is 14.1 Å². The van der Waals surface area contributed by atoms with Gasteiger partial charge in [0.1, 0.15) is 0 Å². The maximum absolute atomic E-state index is 12.0. The minimum Gasteiger partial charge on any atom is -0.307 e. The monoisotopic (exact) mass is 282 g/mol. The molecular weight excluding hydrogens is 260 g/mol. The van der Waals surface area contributed by atoms with E-state index in [1.807, 2.05) is 12.1 Å². The van der Waals surface area contributed by atoms with Crippen molar-refractivity contribution in [3.05, 3.63) is 29.8 Å². The molecule has 1 aliphatic rings. The molecule has 0 amide bonds. The van der Waals surface area contributed by atoms with E-state index < -0.39 is 10.0 Å². The number of benzene rings is 1. The van der Waals surface area contributed by atoms with Gasteiger partial charge >= 0.3 is 0 Å². The molecule has 0 aromatic heterocycles. The Morgan fingerprint density at radius 1 is 1.21 bits per heavy atom. The van der Waals surface area contributed by atoms with Gasteiger partial charge in [0.15, 0.2) is 0 Å². The molecule has 1 atom stereocenters. The first-order valence-corrected chi connectivity index (χ1v) is 8.14. The Morgan fingerprint density at radius 2 is 1.79 bits per heavy atom. The van der Waals surface area contributed by atoms with Crippen LogP contribution in [0.15, 0.2) is 29.2 Å². The van der Waals surface area contributed by atoms with Gasteiger partial charge in [-0.3, -0.25) is 0 Å². The Balaban J connectivity index is 2.09. The highest BCUT2D eigenvalue weighted by atomic mass is 32.2. The van der Waals surface area contributed by atoms with Crippen LogP contribution in [-0.2, 0) is 10.0 Å². The van der Waals surface area contributed by atoms with Crippen LogP contribution in [-0.4, -0.2) is 32.9 Å². The first-order valence-electron chi connectivity index (χ1n) is 6.70. The summed E-state index contributed by atoms with van der Waals surface area (Å²) < 4.78 is 25.1. The van der Waals surface area contributed by atoms with Crippen molar-refractivity contribution in [1.82, 2.24) is 9.62 Å². The van der Waals surface area contributed by atoms with Crippen LogP contribution in [0.4, 0.5) is 0 Å². The van der Waals surface area contributed by atoms with E-state index in [1.54, 1.807) is 26.2 Å². The summed E-state index contributed by atoms with van der Waals surface area (Å²) in [5.41, 5.74) is 1.13. The molecule has 5 heteroatoms. The summed E-state index contributed by atoms with van der Waals surface area (Å²) in [7, 11) is -0.232. The van der Waals surface area contributed by atoms with Gasteiger partial charge in [-0.05, 0) is 37.5 Å². The van der Waals surface area contributed by atoms with Crippen LogP contribution in [0.5, 0.6) is 0 Å². The molecule has 0 spiro atoms. The molecule has 1 aliphatic carbocycles. The molecule has 2 rings (SSSR count). The third-order valence-corrected chi connectivity index (χ3v) is 5.58. The van der Waals surface area contributed by atoms with E-state index in [0.29, 0.717) is 10.9 Å². The third kappa shape index (κ3) is 3.16. The fourth-order valence-corrected chi connectivity index (χ4v) is 3.07. The number of hydrogen-bond acceptors (Lipinski definition) is 3. The lowest BCUT2D eigenvalue weighted by atomic mass is 9.92. The number of rotatable bonds is 5. The van der Waals surface area contributed by atoms with Gasteiger partial charge < -0.3 is 5.32 Å². The molecule has 0 saturated heterocycles. The highest BCUT2D eigenvalue weighted by Gasteiger charge is 2.21. The number of nitrogens with one attached hydrogen (secondary N) is 1. The molecule has 1 fully saturated rings. The van der Waals surface area contributed by atoms with Gasteiger partial charge in [-0.2, -0.15) is 0 Å². The molecule has 106 valence electrons. The van der Waals surface area contributed by atoms with Crippen LogP contribution in [0, 0.1) is 0 Å². The lowest BCUT2D eigenvalue weighted by Gasteiger charge is -2.30. The van der Waals surface area contributed by atoms with Crippen LogP contribution in [0.1, 0.15) is 37.8 Å². The second-order valence-electron chi connectivity index (χ2n) is 5.37. The van der Waals surface area contributed by atoms with E-state index in [1.165, 1.54) is 23.6 Å². The lowest BCUT2D eigenvalue weighted by Crippen LogP contribution is -2.36. The number of hydrogen-bond donors (Lipinski definition) is 1. The minimum absolute atomic E-state index is 0.265. The molecule has 0 radical (unpaired) electrons.